The second-order valence-electron chi connectivity index (χ2n) is 4.15. The first-order chi connectivity index (χ1) is 7.65. The second-order valence-corrected chi connectivity index (χ2v) is 4.15. The highest BCUT2D eigenvalue weighted by Crippen LogP contribution is 2.11. The molecule has 3 atom stereocenters. The zero-order valence-corrected chi connectivity index (χ0v) is 9.84. The monoisotopic (exact) mass is 224 g/mol. The quantitative estimate of drug-likeness (QED) is 0.771. The minimum absolute atomic E-state index is 0.0276. The van der Waals surface area contributed by atoms with Gasteiger partial charge in [0.25, 0.3) is 0 Å². The number of aliphatic hydroxyl groups is 2. The fraction of sp³-hybridized carbons (Fsp3) is 0.538. The molecule has 16 heavy (non-hydrogen) atoms. The third-order valence-corrected chi connectivity index (χ3v) is 2.71. The summed E-state index contributed by atoms with van der Waals surface area (Å²) in [5, 5.41) is 18.7. The summed E-state index contributed by atoms with van der Waals surface area (Å²) in [5.74, 6) is -0.161. The Bertz CT molecular complexity index is 286. The molecule has 3 heteroatoms. The molecular formula is C13H20O3. The summed E-state index contributed by atoms with van der Waals surface area (Å²) < 4.78 is 5.55. The highest BCUT2D eigenvalue weighted by Gasteiger charge is 2.20. The Morgan fingerprint density at radius 3 is 2.38 bits per heavy atom. The fourth-order valence-corrected chi connectivity index (χ4v) is 1.47. The van der Waals surface area contributed by atoms with E-state index in [1.165, 1.54) is 0 Å². The predicted molar refractivity (Wildman–Crippen MR) is 62.9 cm³/mol. The van der Waals surface area contributed by atoms with Crippen LogP contribution in [0.15, 0.2) is 30.3 Å². The maximum Gasteiger partial charge on any atom is 0.0846 e. The average molecular weight is 224 g/mol. The Morgan fingerprint density at radius 1 is 1.19 bits per heavy atom. The lowest BCUT2D eigenvalue weighted by atomic mass is 10.0. The topological polar surface area (TPSA) is 49.7 Å². The minimum Gasteiger partial charge on any atom is -0.396 e. The molecule has 0 aliphatic rings. The van der Waals surface area contributed by atoms with Gasteiger partial charge in [-0.3, -0.25) is 0 Å². The molecule has 0 bridgehead atoms. The van der Waals surface area contributed by atoms with Crippen LogP contribution in [0, 0.1) is 5.92 Å². The van der Waals surface area contributed by atoms with Crippen molar-refractivity contribution in [2.75, 3.05) is 6.61 Å². The molecule has 0 saturated heterocycles. The Balaban J connectivity index is 2.38. The van der Waals surface area contributed by atoms with E-state index in [-0.39, 0.29) is 18.6 Å². The Morgan fingerprint density at radius 2 is 1.81 bits per heavy atom. The lowest BCUT2D eigenvalue weighted by Gasteiger charge is -2.23. The van der Waals surface area contributed by atoms with Crippen LogP contribution >= 0.6 is 0 Å². The molecular weight excluding hydrogens is 204 g/mol. The van der Waals surface area contributed by atoms with Crippen molar-refractivity contribution in [3.05, 3.63) is 35.9 Å². The molecule has 0 heterocycles. The van der Waals surface area contributed by atoms with Crippen LogP contribution < -0.4 is 0 Å². The minimum atomic E-state index is -0.631. The molecule has 0 spiro atoms. The van der Waals surface area contributed by atoms with E-state index in [2.05, 4.69) is 0 Å². The van der Waals surface area contributed by atoms with Gasteiger partial charge >= 0.3 is 0 Å². The van der Waals surface area contributed by atoms with Gasteiger partial charge in [-0.25, -0.2) is 0 Å². The van der Waals surface area contributed by atoms with Gasteiger partial charge in [0.1, 0.15) is 0 Å². The molecule has 0 amide bonds. The van der Waals surface area contributed by atoms with Crippen molar-refractivity contribution in [3.63, 3.8) is 0 Å². The lowest BCUT2D eigenvalue weighted by Crippen LogP contribution is -2.33. The van der Waals surface area contributed by atoms with Gasteiger partial charge in [-0.1, -0.05) is 37.3 Å². The number of aliphatic hydroxyl groups excluding tert-OH is 2. The van der Waals surface area contributed by atoms with Crippen LogP contribution in [0.4, 0.5) is 0 Å². The smallest absolute Gasteiger partial charge is 0.0846 e. The standard InChI is InChI=1S/C13H20O3/c1-10(8-14)13(15)11(2)16-9-12-6-4-3-5-7-12/h3-7,10-11,13-15H,8-9H2,1-2H3/t10-,11-,13-/m0/s1. The molecule has 1 aromatic carbocycles. The normalized spacial score (nSPS) is 16.8. The van der Waals surface area contributed by atoms with Crippen LogP contribution in [-0.2, 0) is 11.3 Å². The predicted octanol–water partition coefficient (Wildman–Crippen LogP) is 1.58. The molecule has 0 fully saturated rings. The van der Waals surface area contributed by atoms with Gasteiger partial charge in [-0.2, -0.15) is 0 Å². The van der Waals surface area contributed by atoms with E-state index < -0.39 is 6.10 Å². The van der Waals surface area contributed by atoms with Crippen molar-refractivity contribution in [1.82, 2.24) is 0 Å². The highest BCUT2D eigenvalue weighted by molar-refractivity contribution is 5.13. The average Bonchev–Trinajstić information content (AvgIpc) is 2.35. The highest BCUT2D eigenvalue weighted by atomic mass is 16.5. The van der Waals surface area contributed by atoms with Crippen LogP contribution in [-0.4, -0.2) is 29.0 Å². The second kappa shape index (κ2) is 6.63. The summed E-state index contributed by atoms with van der Waals surface area (Å²) in [5.41, 5.74) is 1.08. The third kappa shape index (κ3) is 3.93. The molecule has 0 saturated carbocycles. The van der Waals surface area contributed by atoms with Crippen LogP contribution in [0.5, 0.6) is 0 Å². The molecule has 1 rings (SSSR count). The molecule has 0 aromatic heterocycles. The summed E-state index contributed by atoms with van der Waals surface area (Å²) in [7, 11) is 0. The third-order valence-electron chi connectivity index (χ3n) is 2.71. The zero-order chi connectivity index (χ0) is 12.0. The van der Waals surface area contributed by atoms with Crippen LogP contribution in [0.1, 0.15) is 19.4 Å². The molecule has 0 radical (unpaired) electrons. The van der Waals surface area contributed by atoms with Crippen molar-refractivity contribution in [3.8, 4) is 0 Å². The number of rotatable bonds is 6. The number of hydrogen-bond acceptors (Lipinski definition) is 3. The zero-order valence-electron chi connectivity index (χ0n) is 9.84. The van der Waals surface area contributed by atoms with Crippen molar-refractivity contribution < 1.29 is 14.9 Å². The van der Waals surface area contributed by atoms with Crippen LogP contribution in [0.25, 0.3) is 0 Å². The van der Waals surface area contributed by atoms with E-state index in [0.29, 0.717) is 6.61 Å². The van der Waals surface area contributed by atoms with Crippen LogP contribution in [0.3, 0.4) is 0 Å². The lowest BCUT2D eigenvalue weighted by molar-refractivity contribution is -0.0648. The summed E-state index contributed by atoms with van der Waals surface area (Å²) in [6.07, 6.45) is -0.906. The van der Waals surface area contributed by atoms with E-state index in [1.54, 1.807) is 6.92 Å². The maximum atomic E-state index is 9.78. The number of benzene rings is 1. The van der Waals surface area contributed by atoms with E-state index in [0.717, 1.165) is 5.56 Å². The molecule has 2 N–H and O–H groups in total. The van der Waals surface area contributed by atoms with Gasteiger partial charge < -0.3 is 14.9 Å². The summed E-state index contributed by atoms with van der Waals surface area (Å²) in [6, 6.07) is 9.82. The van der Waals surface area contributed by atoms with Gasteiger partial charge in [0.2, 0.25) is 0 Å². The molecule has 3 nitrogen and oxygen atoms in total. The van der Waals surface area contributed by atoms with E-state index >= 15 is 0 Å². The summed E-state index contributed by atoms with van der Waals surface area (Å²) >= 11 is 0. The Labute approximate surface area is 96.7 Å². The van der Waals surface area contributed by atoms with Gasteiger partial charge in [-0.15, -0.1) is 0 Å². The largest absolute Gasteiger partial charge is 0.396 e. The Kier molecular flexibility index (Phi) is 5.46. The summed E-state index contributed by atoms with van der Waals surface area (Å²) in [4.78, 5) is 0. The first-order valence-electron chi connectivity index (χ1n) is 5.59. The van der Waals surface area contributed by atoms with Gasteiger partial charge in [0.15, 0.2) is 0 Å². The van der Waals surface area contributed by atoms with Crippen molar-refractivity contribution in [1.29, 1.82) is 0 Å². The molecule has 1 aromatic rings. The first kappa shape index (κ1) is 13.2. The molecule has 0 aliphatic heterocycles. The van der Waals surface area contributed by atoms with E-state index in [1.807, 2.05) is 37.3 Å². The van der Waals surface area contributed by atoms with Gasteiger partial charge in [0, 0.05) is 12.5 Å². The van der Waals surface area contributed by atoms with Crippen LogP contribution in [0.2, 0.25) is 0 Å². The van der Waals surface area contributed by atoms with E-state index in [4.69, 9.17) is 9.84 Å². The Hall–Kier alpha value is -0.900. The SMILES string of the molecule is C[C@H](OCc1ccccc1)[C@@H](O)[C@@H](C)CO. The molecule has 0 aliphatic carbocycles. The van der Waals surface area contributed by atoms with E-state index in [9.17, 15) is 5.11 Å². The fourth-order valence-electron chi connectivity index (χ4n) is 1.47. The number of ether oxygens (including phenoxy) is 1. The summed E-state index contributed by atoms with van der Waals surface area (Å²) in [6.45, 7) is 4.07. The van der Waals surface area contributed by atoms with Gasteiger partial charge in [-0.05, 0) is 12.5 Å². The van der Waals surface area contributed by atoms with Crippen molar-refractivity contribution in [2.45, 2.75) is 32.7 Å². The molecule has 0 unspecified atom stereocenters. The van der Waals surface area contributed by atoms with Crippen molar-refractivity contribution >= 4 is 0 Å². The van der Waals surface area contributed by atoms with Gasteiger partial charge in [0.05, 0.1) is 18.8 Å². The maximum absolute atomic E-state index is 9.78. The first-order valence-corrected chi connectivity index (χ1v) is 5.59. The number of hydrogen-bond donors (Lipinski definition) is 2. The molecule has 90 valence electrons. The van der Waals surface area contributed by atoms with Crippen molar-refractivity contribution in [2.24, 2.45) is 5.92 Å².